The molecule has 1 aromatic carbocycles. The molecule has 3 N–H and O–H groups in total. The molecule has 0 atom stereocenters. The van der Waals surface area contributed by atoms with E-state index >= 15 is 0 Å². The summed E-state index contributed by atoms with van der Waals surface area (Å²) in [7, 11) is 0. The lowest BCUT2D eigenvalue weighted by Crippen LogP contribution is -2.11. The number of rotatable bonds is 3. The maximum Gasteiger partial charge on any atom is 0.416 e. The standard InChI is InChI=1S/C11H13F3N2/c12-11(13,14)8-1-4-10(7(5-8)6-15)16-9-2-3-9/h1,4-5,9,16H,2-3,6,15H2. The van der Waals surface area contributed by atoms with Crippen molar-refractivity contribution in [3.8, 4) is 0 Å². The molecule has 0 amide bonds. The minimum absolute atomic E-state index is 0.110. The lowest BCUT2D eigenvalue weighted by atomic mass is 10.1. The summed E-state index contributed by atoms with van der Waals surface area (Å²) in [6, 6.07) is 4.07. The van der Waals surface area contributed by atoms with Crippen LogP contribution in [0.25, 0.3) is 0 Å². The van der Waals surface area contributed by atoms with Crippen molar-refractivity contribution in [3.63, 3.8) is 0 Å². The van der Waals surface area contributed by atoms with Gasteiger partial charge < -0.3 is 11.1 Å². The van der Waals surface area contributed by atoms with Crippen molar-refractivity contribution in [2.75, 3.05) is 5.32 Å². The Bertz CT molecular complexity index is 383. The van der Waals surface area contributed by atoms with Crippen LogP contribution >= 0.6 is 0 Å². The van der Waals surface area contributed by atoms with Crippen LogP contribution in [0.2, 0.25) is 0 Å². The van der Waals surface area contributed by atoms with Crippen LogP contribution < -0.4 is 11.1 Å². The van der Waals surface area contributed by atoms with Gasteiger partial charge in [0.1, 0.15) is 0 Å². The van der Waals surface area contributed by atoms with Crippen LogP contribution in [-0.2, 0) is 12.7 Å². The van der Waals surface area contributed by atoms with Crippen LogP contribution in [0.15, 0.2) is 18.2 Å². The summed E-state index contributed by atoms with van der Waals surface area (Å²) in [4.78, 5) is 0. The van der Waals surface area contributed by atoms with Gasteiger partial charge in [-0.2, -0.15) is 13.2 Å². The molecule has 1 fully saturated rings. The van der Waals surface area contributed by atoms with Crippen LogP contribution in [0.3, 0.4) is 0 Å². The van der Waals surface area contributed by atoms with Gasteiger partial charge in [0, 0.05) is 18.3 Å². The fraction of sp³-hybridized carbons (Fsp3) is 0.455. The average molecular weight is 230 g/mol. The Kier molecular flexibility index (Phi) is 2.80. The van der Waals surface area contributed by atoms with Crippen LogP contribution in [0, 0.1) is 0 Å². The fourth-order valence-corrected chi connectivity index (χ4v) is 1.53. The molecular weight excluding hydrogens is 217 g/mol. The lowest BCUT2D eigenvalue weighted by Gasteiger charge is -2.13. The molecule has 0 unspecified atom stereocenters. The normalized spacial score (nSPS) is 16.2. The Morgan fingerprint density at radius 2 is 2.00 bits per heavy atom. The molecule has 1 aliphatic carbocycles. The number of alkyl halides is 3. The molecule has 0 bridgehead atoms. The summed E-state index contributed by atoms with van der Waals surface area (Å²) in [5, 5.41) is 3.17. The molecule has 5 heteroatoms. The van der Waals surface area contributed by atoms with E-state index < -0.39 is 11.7 Å². The Hall–Kier alpha value is -1.23. The number of nitrogens with one attached hydrogen (secondary N) is 1. The first-order valence-electron chi connectivity index (χ1n) is 5.17. The molecule has 0 aromatic heterocycles. The number of hydrogen-bond acceptors (Lipinski definition) is 2. The third-order valence-electron chi connectivity index (χ3n) is 2.59. The molecule has 0 saturated heterocycles. The third-order valence-corrected chi connectivity index (χ3v) is 2.59. The molecule has 16 heavy (non-hydrogen) atoms. The minimum atomic E-state index is -4.30. The van der Waals surface area contributed by atoms with Crippen molar-refractivity contribution in [2.24, 2.45) is 5.73 Å². The van der Waals surface area contributed by atoms with Gasteiger partial charge in [-0.3, -0.25) is 0 Å². The van der Waals surface area contributed by atoms with Gasteiger partial charge in [0.25, 0.3) is 0 Å². The van der Waals surface area contributed by atoms with Crippen molar-refractivity contribution >= 4 is 5.69 Å². The highest BCUT2D eigenvalue weighted by Crippen LogP contribution is 2.33. The smallest absolute Gasteiger partial charge is 0.382 e. The van der Waals surface area contributed by atoms with Crippen molar-refractivity contribution in [1.82, 2.24) is 0 Å². The second-order valence-electron chi connectivity index (χ2n) is 3.99. The van der Waals surface area contributed by atoms with E-state index in [9.17, 15) is 13.2 Å². The Morgan fingerprint density at radius 1 is 1.31 bits per heavy atom. The van der Waals surface area contributed by atoms with Gasteiger partial charge in [-0.05, 0) is 36.6 Å². The van der Waals surface area contributed by atoms with E-state index in [1.54, 1.807) is 0 Å². The number of hydrogen-bond donors (Lipinski definition) is 2. The van der Waals surface area contributed by atoms with E-state index in [0.29, 0.717) is 11.6 Å². The van der Waals surface area contributed by atoms with E-state index in [1.807, 2.05) is 0 Å². The first-order valence-corrected chi connectivity index (χ1v) is 5.17. The zero-order valence-electron chi connectivity index (χ0n) is 8.64. The van der Waals surface area contributed by atoms with Gasteiger partial charge in [-0.15, -0.1) is 0 Å². The van der Waals surface area contributed by atoms with Gasteiger partial charge in [0.05, 0.1) is 5.56 Å². The highest BCUT2D eigenvalue weighted by atomic mass is 19.4. The summed E-state index contributed by atoms with van der Waals surface area (Å²) in [5.41, 5.74) is 6.04. The van der Waals surface area contributed by atoms with E-state index in [0.717, 1.165) is 30.7 Å². The highest BCUT2D eigenvalue weighted by Gasteiger charge is 2.31. The summed E-state index contributed by atoms with van der Waals surface area (Å²) in [6.07, 6.45) is -2.15. The van der Waals surface area contributed by atoms with Crippen molar-refractivity contribution in [1.29, 1.82) is 0 Å². The van der Waals surface area contributed by atoms with Crippen LogP contribution in [0.5, 0.6) is 0 Å². The van der Waals surface area contributed by atoms with Gasteiger partial charge in [-0.1, -0.05) is 0 Å². The molecule has 1 saturated carbocycles. The molecule has 88 valence electrons. The van der Waals surface area contributed by atoms with E-state index in [1.165, 1.54) is 6.07 Å². The molecule has 1 aromatic rings. The van der Waals surface area contributed by atoms with Crippen molar-refractivity contribution in [2.45, 2.75) is 31.6 Å². The summed E-state index contributed by atoms with van der Waals surface area (Å²) < 4.78 is 37.3. The molecule has 1 aliphatic rings. The van der Waals surface area contributed by atoms with Gasteiger partial charge >= 0.3 is 6.18 Å². The predicted octanol–water partition coefficient (Wildman–Crippen LogP) is 2.74. The number of benzene rings is 1. The molecule has 0 aliphatic heterocycles. The Morgan fingerprint density at radius 3 is 2.50 bits per heavy atom. The second-order valence-corrected chi connectivity index (χ2v) is 3.99. The topological polar surface area (TPSA) is 38.0 Å². The van der Waals surface area contributed by atoms with Crippen LogP contribution in [0.1, 0.15) is 24.0 Å². The maximum absolute atomic E-state index is 12.4. The Balaban J connectivity index is 2.26. The molecule has 0 radical (unpaired) electrons. The Labute approximate surface area is 91.6 Å². The quantitative estimate of drug-likeness (QED) is 0.837. The van der Waals surface area contributed by atoms with E-state index in [4.69, 9.17) is 5.73 Å². The van der Waals surface area contributed by atoms with Crippen molar-refractivity contribution in [3.05, 3.63) is 29.3 Å². The first kappa shape index (κ1) is 11.3. The van der Waals surface area contributed by atoms with Crippen LogP contribution in [0.4, 0.5) is 18.9 Å². The second kappa shape index (κ2) is 3.97. The number of anilines is 1. The zero-order valence-corrected chi connectivity index (χ0v) is 8.64. The molecule has 0 heterocycles. The predicted molar refractivity (Wildman–Crippen MR) is 56.0 cm³/mol. The largest absolute Gasteiger partial charge is 0.416 e. The van der Waals surface area contributed by atoms with Crippen LogP contribution in [-0.4, -0.2) is 6.04 Å². The summed E-state index contributed by atoms with van der Waals surface area (Å²) >= 11 is 0. The summed E-state index contributed by atoms with van der Waals surface area (Å²) in [5.74, 6) is 0. The van der Waals surface area contributed by atoms with Gasteiger partial charge in [-0.25, -0.2) is 0 Å². The third kappa shape index (κ3) is 2.47. The van der Waals surface area contributed by atoms with E-state index in [2.05, 4.69) is 5.32 Å². The van der Waals surface area contributed by atoms with E-state index in [-0.39, 0.29) is 6.54 Å². The summed E-state index contributed by atoms with van der Waals surface area (Å²) in [6.45, 7) is 0.110. The number of nitrogens with two attached hydrogens (primary N) is 1. The fourth-order valence-electron chi connectivity index (χ4n) is 1.53. The molecule has 2 rings (SSSR count). The SMILES string of the molecule is NCc1cc(C(F)(F)F)ccc1NC1CC1. The number of halogens is 3. The monoisotopic (exact) mass is 230 g/mol. The molecule has 0 spiro atoms. The zero-order chi connectivity index (χ0) is 11.8. The average Bonchev–Trinajstić information content (AvgIpc) is 3.00. The minimum Gasteiger partial charge on any atom is -0.382 e. The highest BCUT2D eigenvalue weighted by molar-refractivity contribution is 5.54. The van der Waals surface area contributed by atoms with Gasteiger partial charge in [0.15, 0.2) is 0 Å². The maximum atomic E-state index is 12.4. The molecule has 2 nitrogen and oxygen atoms in total. The van der Waals surface area contributed by atoms with Crippen molar-refractivity contribution < 1.29 is 13.2 Å². The molecular formula is C11H13F3N2. The first-order chi connectivity index (χ1) is 7.50. The van der Waals surface area contributed by atoms with Gasteiger partial charge in [0.2, 0.25) is 0 Å². The lowest BCUT2D eigenvalue weighted by molar-refractivity contribution is -0.137.